The third-order valence-corrected chi connectivity index (χ3v) is 6.40. The van der Waals surface area contributed by atoms with Crippen LogP contribution < -0.4 is 19.6 Å². The van der Waals surface area contributed by atoms with Crippen LogP contribution in [0.25, 0.3) is 5.69 Å². The van der Waals surface area contributed by atoms with Gasteiger partial charge in [-0.05, 0) is 82.3 Å². The molecule has 1 N–H and O–H groups in total. The molecule has 0 aliphatic carbocycles. The van der Waals surface area contributed by atoms with Crippen molar-refractivity contribution in [1.82, 2.24) is 9.99 Å². The topological polar surface area (TPSA) is 157 Å². The molecule has 0 aliphatic heterocycles. The summed E-state index contributed by atoms with van der Waals surface area (Å²) in [5.74, 6) is -0.519. The number of carbonyl (C=O) groups excluding carboxylic acids is 2. The minimum absolute atomic E-state index is 0.00471. The van der Waals surface area contributed by atoms with Crippen LogP contribution in [0.3, 0.4) is 0 Å². The first-order valence-corrected chi connectivity index (χ1v) is 13.6. The standard InChI is InChI=1S/C31H32N4O9/c1-6-41-31(37)21(4)43-29-26(35(38)39)15-22(16-28(29)40-5)17-32-33-30(36)27-14-13-25(44-27)18-42-24-11-9-23(10-12-24)34-19(2)7-8-20(34)3/h7-17,21H,6,18H2,1-5H3,(H,33,36)/b32-17+/t21-/m1/s1. The van der Waals surface area contributed by atoms with Gasteiger partial charge in [0.15, 0.2) is 17.6 Å². The molecule has 0 saturated heterocycles. The van der Waals surface area contributed by atoms with Crippen LogP contribution in [-0.4, -0.2) is 47.4 Å². The fourth-order valence-electron chi connectivity index (χ4n) is 4.29. The van der Waals surface area contributed by atoms with E-state index in [0.29, 0.717) is 11.5 Å². The number of hydrazone groups is 1. The van der Waals surface area contributed by atoms with E-state index in [2.05, 4.69) is 27.2 Å². The summed E-state index contributed by atoms with van der Waals surface area (Å²) in [5.41, 5.74) is 5.37. The number of nitrogens with one attached hydrogen (secondary N) is 1. The molecule has 1 atom stereocenters. The normalized spacial score (nSPS) is 11.7. The molecule has 0 radical (unpaired) electrons. The largest absolute Gasteiger partial charge is 0.493 e. The number of aryl methyl sites for hydroxylation is 2. The minimum atomic E-state index is -1.12. The predicted molar refractivity (Wildman–Crippen MR) is 160 cm³/mol. The molecular formula is C31H32N4O9. The first-order chi connectivity index (χ1) is 21.1. The van der Waals surface area contributed by atoms with E-state index in [1.54, 1.807) is 13.0 Å². The van der Waals surface area contributed by atoms with Crippen molar-refractivity contribution in [1.29, 1.82) is 0 Å². The monoisotopic (exact) mass is 604 g/mol. The Bertz CT molecular complexity index is 1650. The molecule has 0 saturated carbocycles. The molecule has 13 nitrogen and oxygen atoms in total. The van der Waals surface area contributed by atoms with Gasteiger partial charge in [0.2, 0.25) is 5.75 Å². The highest BCUT2D eigenvalue weighted by atomic mass is 16.6. The van der Waals surface area contributed by atoms with Crippen molar-refractivity contribution in [2.24, 2.45) is 5.10 Å². The molecule has 0 fully saturated rings. The highest BCUT2D eigenvalue weighted by Crippen LogP contribution is 2.38. The number of hydrogen-bond donors (Lipinski definition) is 1. The Labute approximate surface area is 253 Å². The van der Waals surface area contributed by atoms with Gasteiger partial charge in [-0.25, -0.2) is 10.2 Å². The summed E-state index contributed by atoms with van der Waals surface area (Å²) in [6.07, 6.45) is 0.0773. The summed E-state index contributed by atoms with van der Waals surface area (Å²) in [4.78, 5) is 35.6. The van der Waals surface area contributed by atoms with Gasteiger partial charge in [-0.3, -0.25) is 14.9 Å². The molecule has 1 amide bonds. The maximum Gasteiger partial charge on any atom is 0.347 e. The molecule has 0 bridgehead atoms. The van der Waals surface area contributed by atoms with Crippen molar-refractivity contribution in [3.8, 4) is 22.9 Å². The Morgan fingerprint density at radius 1 is 1.09 bits per heavy atom. The molecule has 230 valence electrons. The second kappa shape index (κ2) is 14.1. The van der Waals surface area contributed by atoms with E-state index in [9.17, 15) is 19.7 Å². The fraction of sp³-hybridized carbons (Fsp3) is 0.258. The number of esters is 1. The lowest BCUT2D eigenvalue weighted by Gasteiger charge is -2.16. The first-order valence-electron chi connectivity index (χ1n) is 13.6. The van der Waals surface area contributed by atoms with Gasteiger partial charge >= 0.3 is 17.6 Å². The lowest BCUT2D eigenvalue weighted by atomic mass is 10.2. The fourth-order valence-corrected chi connectivity index (χ4v) is 4.29. The van der Waals surface area contributed by atoms with Crippen LogP contribution in [0.1, 0.15) is 47.1 Å². The average molecular weight is 605 g/mol. The maximum atomic E-state index is 12.6. The van der Waals surface area contributed by atoms with Crippen LogP contribution in [0.15, 0.2) is 70.2 Å². The van der Waals surface area contributed by atoms with Crippen molar-refractivity contribution in [3.63, 3.8) is 0 Å². The molecule has 13 heteroatoms. The molecule has 0 unspecified atom stereocenters. The van der Waals surface area contributed by atoms with Crippen LogP contribution in [-0.2, 0) is 16.1 Å². The van der Waals surface area contributed by atoms with E-state index in [1.165, 1.54) is 38.4 Å². The number of ether oxygens (including phenoxy) is 4. The van der Waals surface area contributed by atoms with Crippen molar-refractivity contribution in [2.75, 3.05) is 13.7 Å². The predicted octanol–water partition coefficient (Wildman–Crippen LogP) is 5.28. The van der Waals surface area contributed by atoms with Gasteiger partial charge in [-0.2, -0.15) is 5.10 Å². The van der Waals surface area contributed by atoms with Crippen molar-refractivity contribution in [2.45, 2.75) is 40.4 Å². The lowest BCUT2D eigenvalue weighted by molar-refractivity contribution is -0.386. The van der Waals surface area contributed by atoms with E-state index in [1.807, 2.05) is 38.1 Å². The molecule has 4 aromatic rings. The first kappa shape index (κ1) is 31.3. The molecule has 2 aromatic heterocycles. The van der Waals surface area contributed by atoms with Gasteiger partial charge in [0, 0.05) is 28.7 Å². The van der Waals surface area contributed by atoms with E-state index >= 15 is 0 Å². The Morgan fingerprint density at radius 2 is 1.80 bits per heavy atom. The van der Waals surface area contributed by atoms with Gasteiger partial charge < -0.3 is 27.9 Å². The molecular weight excluding hydrogens is 572 g/mol. The number of nitro groups is 1. The van der Waals surface area contributed by atoms with Crippen molar-refractivity contribution < 1.29 is 37.9 Å². The number of nitro benzene ring substituents is 1. The number of benzene rings is 2. The van der Waals surface area contributed by atoms with Gasteiger partial charge in [0.05, 0.1) is 24.9 Å². The molecule has 44 heavy (non-hydrogen) atoms. The van der Waals surface area contributed by atoms with Crippen molar-refractivity contribution in [3.05, 3.63) is 99.2 Å². The minimum Gasteiger partial charge on any atom is -0.493 e. The van der Waals surface area contributed by atoms with Crippen LogP contribution in [0, 0.1) is 24.0 Å². The van der Waals surface area contributed by atoms with E-state index < -0.39 is 28.6 Å². The van der Waals surface area contributed by atoms with E-state index in [-0.39, 0.29) is 36.0 Å². The zero-order valence-electron chi connectivity index (χ0n) is 24.9. The highest BCUT2D eigenvalue weighted by Gasteiger charge is 2.27. The number of aromatic nitrogens is 1. The third-order valence-electron chi connectivity index (χ3n) is 6.40. The Kier molecular flexibility index (Phi) is 10.0. The second-order valence-electron chi connectivity index (χ2n) is 9.54. The van der Waals surface area contributed by atoms with Crippen molar-refractivity contribution >= 4 is 23.8 Å². The summed E-state index contributed by atoms with van der Waals surface area (Å²) in [7, 11) is 1.29. The number of furan rings is 1. The average Bonchev–Trinajstić information content (AvgIpc) is 3.62. The zero-order chi connectivity index (χ0) is 31.8. The zero-order valence-corrected chi connectivity index (χ0v) is 24.9. The van der Waals surface area contributed by atoms with Crippen LogP contribution in [0.4, 0.5) is 5.69 Å². The molecule has 4 rings (SSSR count). The third kappa shape index (κ3) is 7.43. The maximum absolute atomic E-state index is 12.6. The molecule has 2 heterocycles. The second-order valence-corrected chi connectivity index (χ2v) is 9.54. The number of amides is 1. The summed E-state index contributed by atoms with van der Waals surface area (Å²) in [6, 6.07) is 17.4. The van der Waals surface area contributed by atoms with Gasteiger partial charge in [-0.1, -0.05) is 0 Å². The Morgan fingerprint density at radius 3 is 2.43 bits per heavy atom. The summed E-state index contributed by atoms with van der Waals surface area (Å²) < 4.78 is 29.2. The number of nitrogens with zero attached hydrogens (tertiary/aromatic N) is 3. The van der Waals surface area contributed by atoms with E-state index in [4.69, 9.17) is 23.4 Å². The van der Waals surface area contributed by atoms with Crippen LogP contribution in [0.5, 0.6) is 17.2 Å². The summed E-state index contributed by atoms with van der Waals surface area (Å²) in [6.45, 7) is 7.35. The number of methoxy groups -OCH3 is 1. The molecule has 0 aliphatic rings. The summed E-state index contributed by atoms with van der Waals surface area (Å²) in [5, 5.41) is 15.6. The lowest BCUT2D eigenvalue weighted by Crippen LogP contribution is -2.26. The Balaban J connectivity index is 1.37. The SMILES string of the molecule is CCOC(=O)[C@@H](C)Oc1c(OC)cc(/C=N/NC(=O)c2ccc(COc3ccc(-n4c(C)ccc4C)cc3)o2)cc1[N+](=O)[O-]. The van der Waals surface area contributed by atoms with Gasteiger partial charge in [0.1, 0.15) is 18.1 Å². The number of carbonyl (C=O) groups is 2. The molecule has 2 aromatic carbocycles. The quantitative estimate of drug-likeness (QED) is 0.0928. The van der Waals surface area contributed by atoms with Gasteiger partial charge in [0.25, 0.3) is 0 Å². The Hall–Kier alpha value is -5.59. The van der Waals surface area contributed by atoms with Crippen LogP contribution >= 0.6 is 0 Å². The summed E-state index contributed by atoms with van der Waals surface area (Å²) >= 11 is 0. The highest BCUT2D eigenvalue weighted by molar-refractivity contribution is 5.92. The van der Waals surface area contributed by atoms with E-state index in [0.717, 1.165) is 17.1 Å². The number of hydrogen-bond acceptors (Lipinski definition) is 10. The van der Waals surface area contributed by atoms with Gasteiger partial charge in [-0.15, -0.1) is 0 Å². The molecule has 0 spiro atoms. The smallest absolute Gasteiger partial charge is 0.347 e. The number of rotatable bonds is 13. The van der Waals surface area contributed by atoms with Crippen LogP contribution in [0.2, 0.25) is 0 Å².